The summed E-state index contributed by atoms with van der Waals surface area (Å²) in [7, 11) is 0. The van der Waals surface area contributed by atoms with E-state index in [-0.39, 0.29) is 16.5 Å². The molecule has 6 heteroatoms. The summed E-state index contributed by atoms with van der Waals surface area (Å²) < 4.78 is 24.8. The number of halogens is 3. The molecule has 1 heterocycles. The number of H-pyrrole nitrogens is 1. The minimum Gasteiger partial charge on any atom is -0.391 e. The van der Waals surface area contributed by atoms with Gasteiger partial charge in [-0.15, -0.1) is 0 Å². The highest BCUT2D eigenvalue weighted by molar-refractivity contribution is 9.08. The average molecular weight is 268 g/mol. The Labute approximate surface area is 86.9 Å². The highest BCUT2D eigenvalue weighted by atomic mass is 79.9. The zero-order valence-electron chi connectivity index (χ0n) is 7.06. The maximum Gasteiger partial charge on any atom is 0.278 e. The molecule has 2 N–H and O–H groups in total. The number of pyridine rings is 1. The Morgan fingerprint density at radius 3 is 2.57 bits per heavy atom. The summed E-state index contributed by atoms with van der Waals surface area (Å²) in [4.78, 5) is 13.1. The van der Waals surface area contributed by atoms with Crippen LogP contribution in [0.2, 0.25) is 0 Å². The number of alkyl halides is 3. The Balaban J connectivity index is 3.32. The standard InChI is InChI=1S/C8H8BrF2NO2/c9-2-4-1-5(3-13)8(14)12-6(4)7(10)11/h1,7,13H,2-3H2,(H,12,14). The lowest BCUT2D eigenvalue weighted by Crippen LogP contribution is -2.16. The maximum atomic E-state index is 12.4. The predicted octanol–water partition coefficient (Wildman–Crippen LogP) is 1.70. The van der Waals surface area contributed by atoms with Gasteiger partial charge < -0.3 is 10.1 Å². The van der Waals surface area contributed by atoms with Crippen molar-refractivity contribution < 1.29 is 13.9 Å². The monoisotopic (exact) mass is 267 g/mol. The van der Waals surface area contributed by atoms with Crippen molar-refractivity contribution in [3.05, 3.63) is 33.2 Å². The Hall–Kier alpha value is -0.750. The van der Waals surface area contributed by atoms with E-state index in [0.29, 0.717) is 0 Å². The molecule has 0 fully saturated rings. The third-order valence-corrected chi connectivity index (χ3v) is 2.37. The molecule has 0 atom stereocenters. The summed E-state index contributed by atoms with van der Waals surface area (Å²) in [6, 6.07) is 1.27. The fourth-order valence-corrected chi connectivity index (χ4v) is 1.52. The molecule has 1 rings (SSSR count). The minimum absolute atomic E-state index is 0.0869. The molecule has 1 aromatic heterocycles. The van der Waals surface area contributed by atoms with Crippen molar-refractivity contribution in [1.82, 2.24) is 4.98 Å². The highest BCUT2D eigenvalue weighted by Gasteiger charge is 2.15. The van der Waals surface area contributed by atoms with Crippen LogP contribution in [-0.2, 0) is 11.9 Å². The smallest absolute Gasteiger partial charge is 0.278 e. The van der Waals surface area contributed by atoms with Crippen LogP contribution in [0.25, 0.3) is 0 Å². The molecule has 0 bridgehead atoms. The number of rotatable bonds is 3. The molecule has 0 radical (unpaired) electrons. The zero-order valence-corrected chi connectivity index (χ0v) is 8.64. The second kappa shape index (κ2) is 4.65. The summed E-state index contributed by atoms with van der Waals surface area (Å²) in [6.07, 6.45) is -2.72. The number of aliphatic hydroxyl groups excluding tert-OH is 1. The fourth-order valence-electron chi connectivity index (χ4n) is 1.06. The molecule has 0 saturated heterocycles. The van der Waals surface area contributed by atoms with E-state index in [1.165, 1.54) is 6.07 Å². The van der Waals surface area contributed by atoms with Crippen LogP contribution in [-0.4, -0.2) is 10.1 Å². The van der Waals surface area contributed by atoms with E-state index >= 15 is 0 Å². The van der Waals surface area contributed by atoms with E-state index in [0.717, 1.165) is 0 Å². The Morgan fingerprint density at radius 2 is 2.14 bits per heavy atom. The van der Waals surface area contributed by atoms with Crippen LogP contribution in [0.5, 0.6) is 0 Å². The molecule has 1 aromatic rings. The van der Waals surface area contributed by atoms with Gasteiger partial charge in [0, 0.05) is 10.9 Å². The number of hydrogen-bond acceptors (Lipinski definition) is 2. The van der Waals surface area contributed by atoms with Crippen molar-refractivity contribution in [2.75, 3.05) is 0 Å². The zero-order chi connectivity index (χ0) is 10.7. The quantitative estimate of drug-likeness (QED) is 0.820. The molecule has 0 aromatic carbocycles. The van der Waals surface area contributed by atoms with Gasteiger partial charge in [0.1, 0.15) is 0 Å². The number of aromatic nitrogens is 1. The van der Waals surface area contributed by atoms with Gasteiger partial charge in [-0.05, 0) is 11.6 Å². The molecular formula is C8H8BrF2NO2. The SMILES string of the molecule is O=c1[nH]c(C(F)F)c(CBr)cc1CO. The third-order valence-electron chi connectivity index (χ3n) is 1.77. The first-order valence-corrected chi connectivity index (χ1v) is 4.92. The minimum atomic E-state index is -2.72. The van der Waals surface area contributed by atoms with Crippen molar-refractivity contribution in [3.8, 4) is 0 Å². The molecule has 0 aliphatic heterocycles. The van der Waals surface area contributed by atoms with Crippen molar-refractivity contribution in [2.24, 2.45) is 0 Å². The van der Waals surface area contributed by atoms with E-state index < -0.39 is 24.3 Å². The van der Waals surface area contributed by atoms with Crippen molar-refractivity contribution in [2.45, 2.75) is 18.4 Å². The first-order chi connectivity index (χ1) is 6.60. The van der Waals surface area contributed by atoms with Crippen LogP contribution >= 0.6 is 15.9 Å². The first-order valence-electron chi connectivity index (χ1n) is 3.80. The van der Waals surface area contributed by atoms with E-state index in [1.807, 2.05) is 0 Å². The van der Waals surface area contributed by atoms with Gasteiger partial charge in [-0.3, -0.25) is 4.79 Å². The van der Waals surface area contributed by atoms with Crippen LogP contribution in [0.15, 0.2) is 10.9 Å². The van der Waals surface area contributed by atoms with E-state index in [1.54, 1.807) is 0 Å². The molecule has 3 nitrogen and oxygen atoms in total. The predicted molar refractivity (Wildman–Crippen MR) is 50.6 cm³/mol. The second-order valence-corrected chi connectivity index (χ2v) is 3.22. The van der Waals surface area contributed by atoms with Gasteiger partial charge in [0.05, 0.1) is 12.3 Å². The normalized spacial score (nSPS) is 10.9. The van der Waals surface area contributed by atoms with Crippen LogP contribution < -0.4 is 5.56 Å². The van der Waals surface area contributed by atoms with E-state index in [2.05, 4.69) is 20.9 Å². The summed E-state index contributed by atoms with van der Waals surface area (Å²) in [5.41, 5.74) is -0.705. The largest absolute Gasteiger partial charge is 0.391 e. The van der Waals surface area contributed by atoms with Crippen LogP contribution in [0.4, 0.5) is 8.78 Å². The van der Waals surface area contributed by atoms with Crippen molar-refractivity contribution in [1.29, 1.82) is 0 Å². The van der Waals surface area contributed by atoms with Gasteiger partial charge in [0.15, 0.2) is 0 Å². The van der Waals surface area contributed by atoms with Crippen LogP contribution in [0, 0.1) is 0 Å². The summed E-state index contributed by atoms with van der Waals surface area (Å²) in [5, 5.41) is 8.95. The number of aromatic amines is 1. The fraction of sp³-hybridized carbons (Fsp3) is 0.375. The second-order valence-electron chi connectivity index (χ2n) is 2.66. The third kappa shape index (κ3) is 2.19. The van der Waals surface area contributed by atoms with Crippen LogP contribution in [0.1, 0.15) is 23.2 Å². The van der Waals surface area contributed by atoms with Gasteiger partial charge in [-0.2, -0.15) is 0 Å². The maximum absolute atomic E-state index is 12.4. The van der Waals surface area contributed by atoms with Crippen LogP contribution in [0.3, 0.4) is 0 Å². The van der Waals surface area contributed by atoms with Crippen molar-refractivity contribution in [3.63, 3.8) is 0 Å². The highest BCUT2D eigenvalue weighted by Crippen LogP contribution is 2.21. The molecule has 0 amide bonds. The summed E-state index contributed by atoms with van der Waals surface area (Å²) in [6.45, 7) is -0.459. The molecule has 0 unspecified atom stereocenters. The molecule has 0 aliphatic carbocycles. The number of aliphatic hydroxyl groups is 1. The van der Waals surface area contributed by atoms with Gasteiger partial charge >= 0.3 is 0 Å². The molecular weight excluding hydrogens is 260 g/mol. The summed E-state index contributed by atoms with van der Waals surface area (Å²) >= 11 is 3.03. The number of hydrogen-bond donors (Lipinski definition) is 2. The van der Waals surface area contributed by atoms with E-state index in [9.17, 15) is 13.6 Å². The lowest BCUT2D eigenvalue weighted by molar-refractivity contribution is 0.144. The topological polar surface area (TPSA) is 53.1 Å². The Bertz CT molecular complexity index is 378. The Morgan fingerprint density at radius 1 is 1.50 bits per heavy atom. The molecule has 78 valence electrons. The number of nitrogens with one attached hydrogen (secondary N) is 1. The molecule has 0 saturated carbocycles. The molecule has 0 aliphatic rings. The van der Waals surface area contributed by atoms with Gasteiger partial charge in [-0.25, -0.2) is 8.78 Å². The lowest BCUT2D eigenvalue weighted by atomic mass is 10.1. The lowest BCUT2D eigenvalue weighted by Gasteiger charge is -2.07. The van der Waals surface area contributed by atoms with E-state index in [4.69, 9.17) is 5.11 Å². The van der Waals surface area contributed by atoms with Crippen molar-refractivity contribution >= 4 is 15.9 Å². The average Bonchev–Trinajstić information content (AvgIpc) is 2.17. The molecule has 14 heavy (non-hydrogen) atoms. The molecule has 0 spiro atoms. The van der Waals surface area contributed by atoms with Gasteiger partial charge in [0.25, 0.3) is 12.0 Å². The first kappa shape index (κ1) is 11.3. The van der Waals surface area contributed by atoms with Gasteiger partial charge in [0.2, 0.25) is 0 Å². The summed E-state index contributed by atoms with van der Waals surface area (Å²) in [5.74, 6) is 0. The van der Waals surface area contributed by atoms with Gasteiger partial charge in [-0.1, -0.05) is 15.9 Å². The Kier molecular flexibility index (Phi) is 3.77.